The Labute approximate surface area is 107 Å². The first-order valence-electron chi connectivity index (χ1n) is 4.61. The number of hydrogen-bond donors (Lipinski definition) is 2. The van der Waals surface area contributed by atoms with E-state index in [1.165, 1.54) is 6.07 Å². The van der Waals surface area contributed by atoms with E-state index in [-0.39, 0.29) is 21.5 Å². The van der Waals surface area contributed by atoms with Crippen LogP contribution < -0.4 is 5.73 Å². The van der Waals surface area contributed by atoms with Gasteiger partial charge in [-0.25, -0.2) is 0 Å². The van der Waals surface area contributed by atoms with Crippen LogP contribution >= 0.6 is 15.9 Å². The van der Waals surface area contributed by atoms with E-state index in [1.807, 2.05) is 0 Å². The third-order valence-electron chi connectivity index (χ3n) is 2.27. The number of nitrogens with zero attached hydrogens (tertiary/aromatic N) is 1. The highest BCUT2D eigenvalue weighted by Crippen LogP contribution is 2.44. The molecule has 1 aromatic heterocycles. The minimum atomic E-state index is -4.67. The molecule has 0 saturated heterocycles. The second kappa shape index (κ2) is 4.20. The molecule has 0 bridgehead atoms. The van der Waals surface area contributed by atoms with Crippen molar-refractivity contribution in [2.75, 3.05) is 5.73 Å². The highest BCUT2D eigenvalue weighted by Gasteiger charge is 2.35. The zero-order valence-corrected chi connectivity index (χ0v) is 10.2. The molecule has 0 atom stereocenters. The maximum Gasteiger partial charge on any atom is 0.420 e. The van der Waals surface area contributed by atoms with Crippen molar-refractivity contribution in [1.29, 1.82) is 0 Å². The van der Waals surface area contributed by atoms with Crippen molar-refractivity contribution < 1.29 is 22.8 Å². The molecule has 2 rings (SSSR count). The van der Waals surface area contributed by atoms with Crippen molar-refractivity contribution in [3.8, 4) is 16.9 Å². The average Bonchev–Trinajstić information content (AvgIpc) is 2.66. The number of aromatic nitrogens is 1. The van der Waals surface area contributed by atoms with Gasteiger partial charge in [0.2, 0.25) is 5.88 Å². The van der Waals surface area contributed by atoms with Gasteiger partial charge in [-0.3, -0.25) is 0 Å². The third-order valence-corrected chi connectivity index (χ3v) is 2.73. The van der Waals surface area contributed by atoms with E-state index in [0.29, 0.717) is 0 Å². The number of alkyl halides is 3. The summed E-state index contributed by atoms with van der Waals surface area (Å²) in [6.07, 6.45) is -3.54. The van der Waals surface area contributed by atoms with Gasteiger partial charge in [-0.1, -0.05) is 21.1 Å². The number of phenolic OH excluding ortho intramolecular Hbond substituents is 1. The Balaban J connectivity index is 2.70. The lowest BCUT2D eigenvalue weighted by Crippen LogP contribution is -2.06. The van der Waals surface area contributed by atoms with Gasteiger partial charge in [-0.2, -0.15) is 13.2 Å². The Morgan fingerprint density at radius 1 is 1.28 bits per heavy atom. The lowest BCUT2D eigenvalue weighted by Gasteiger charge is -2.12. The fourth-order valence-corrected chi connectivity index (χ4v) is 1.93. The quantitative estimate of drug-likeness (QED) is 0.843. The van der Waals surface area contributed by atoms with Crippen molar-refractivity contribution in [1.82, 2.24) is 5.16 Å². The minimum absolute atomic E-state index is 0.0966. The zero-order valence-electron chi connectivity index (χ0n) is 8.62. The molecule has 3 N–H and O–H groups in total. The Morgan fingerprint density at radius 3 is 2.44 bits per heavy atom. The summed E-state index contributed by atoms with van der Waals surface area (Å²) in [5.74, 6) is -1.09. The van der Waals surface area contributed by atoms with Crippen LogP contribution in [0.25, 0.3) is 11.1 Å². The van der Waals surface area contributed by atoms with Gasteiger partial charge in [0.05, 0.1) is 17.3 Å². The van der Waals surface area contributed by atoms with Crippen molar-refractivity contribution >= 4 is 21.8 Å². The molecule has 0 aliphatic carbocycles. The Hall–Kier alpha value is -1.70. The van der Waals surface area contributed by atoms with Crippen molar-refractivity contribution in [2.45, 2.75) is 6.18 Å². The number of hydrogen-bond acceptors (Lipinski definition) is 4. The van der Waals surface area contributed by atoms with Crippen LogP contribution in [0.1, 0.15) is 5.56 Å². The van der Waals surface area contributed by atoms with Gasteiger partial charge in [-0.05, 0) is 12.1 Å². The lowest BCUT2D eigenvalue weighted by molar-refractivity contribution is -0.138. The van der Waals surface area contributed by atoms with Crippen LogP contribution in [-0.2, 0) is 6.18 Å². The number of nitrogen functional groups attached to an aromatic ring is 1. The summed E-state index contributed by atoms with van der Waals surface area (Å²) in [6.45, 7) is 0. The van der Waals surface area contributed by atoms with Gasteiger partial charge in [0.15, 0.2) is 0 Å². The van der Waals surface area contributed by atoms with E-state index in [9.17, 15) is 18.3 Å². The molecule has 0 aliphatic rings. The second-order valence-electron chi connectivity index (χ2n) is 3.45. The van der Waals surface area contributed by atoms with Gasteiger partial charge in [-0.15, -0.1) is 0 Å². The number of aromatic hydroxyl groups is 1. The molecular formula is C10H6BrF3N2O2. The number of rotatable bonds is 1. The average molecular weight is 323 g/mol. The molecule has 0 spiro atoms. The summed E-state index contributed by atoms with van der Waals surface area (Å²) in [7, 11) is 0. The van der Waals surface area contributed by atoms with Crippen LogP contribution in [0.15, 0.2) is 27.3 Å². The number of nitrogens with two attached hydrogens (primary N) is 1. The molecule has 0 radical (unpaired) electrons. The monoisotopic (exact) mass is 322 g/mol. The van der Waals surface area contributed by atoms with Crippen molar-refractivity contribution in [3.63, 3.8) is 0 Å². The molecule has 1 heterocycles. The number of anilines is 1. The van der Waals surface area contributed by atoms with Crippen LogP contribution in [0.4, 0.5) is 19.1 Å². The maximum absolute atomic E-state index is 12.7. The first-order chi connectivity index (χ1) is 8.30. The van der Waals surface area contributed by atoms with Gasteiger partial charge < -0.3 is 15.4 Å². The maximum atomic E-state index is 12.7. The van der Waals surface area contributed by atoms with Gasteiger partial charge in [0.1, 0.15) is 5.75 Å². The smallest absolute Gasteiger partial charge is 0.420 e. The number of benzene rings is 1. The minimum Gasteiger partial charge on any atom is -0.507 e. The van der Waals surface area contributed by atoms with Crippen LogP contribution in [0, 0.1) is 0 Å². The predicted octanol–water partition coefficient (Wildman–Crippen LogP) is 3.41. The second-order valence-corrected chi connectivity index (χ2v) is 4.37. The fourth-order valence-electron chi connectivity index (χ4n) is 1.47. The van der Waals surface area contributed by atoms with Crippen molar-refractivity contribution in [2.24, 2.45) is 0 Å². The van der Waals surface area contributed by atoms with E-state index < -0.39 is 17.5 Å². The fraction of sp³-hybridized carbons (Fsp3) is 0.100. The normalized spacial score (nSPS) is 11.8. The largest absolute Gasteiger partial charge is 0.507 e. The van der Waals surface area contributed by atoms with Crippen LogP contribution in [0.2, 0.25) is 0 Å². The summed E-state index contributed by atoms with van der Waals surface area (Å²) in [5, 5.41) is 13.0. The molecule has 2 aromatic rings. The number of phenols is 1. The van der Waals surface area contributed by atoms with E-state index in [1.54, 1.807) is 0 Å². The highest BCUT2D eigenvalue weighted by molar-refractivity contribution is 9.10. The molecule has 4 nitrogen and oxygen atoms in total. The third kappa shape index (κ3) is 2.15. The lowest BCUT2D eigenvalue weighted by atomic mass is 10.0. The first-order valence-corrected chi connectivity index (χ1v) is 5.40. The molecule has 0 saturated carbocycles. The van der Waals surface area contributed by atoms with Gasteiger partial charge >= 0.3 is 6.18 Å². The standard InChI is InChI=1S/C10H6BrF3N2O2/c11-4-1-5(6-3-16-18-9(6)15)8(17)7(2-4)10(12,13)14/h1-3,17H,15H2. The van der Waals surface area contributed by atoms with Gasteiger partial charge in [0, 0.05) is 10.0 Å². The van der Waals surface area contributed by atoms with Crippen LogP contribution in [0.3, 0.4) is 0 Å². The zero-order chi connectivity index (χ0) is 13.5. The van der Waals surface area contributed by atoms with Crippen molar-refractivity contribution in [3.05, 3.63) is 28.4 Å². The molecule has 1 aromatic carbocycles. The van der Waals surface area contributed by atoms with Crippen LogP contribution in [0.5, 0.6) is 5.75 Å². The summed E-state index contributed by atoms with van der Waals surface area (Å²) in [5.41, 5.74) is 4.25. The summed E-state index contributed by atoms with van der Waals surface area (Å²) in [4.78, 5) is 0. The van der Waals surface area contributed by atoms with E-state index in [0.717, 1.165) is 12.3 Å². The Bertz CT molecular complexity index is 595. The molecule has 0 fully saturated rings. The molecule has 18 heavy (non-hydrogen) atoms. The molecule has 96 valence electrons. The number of halogens is 4. The van der Waals surface area contributed by atoms with E-state index in [4.69, 9.17) is 5.73 Å². The molecule has 0 unspecified atom stereocenters. The summed E-state index contributed by atoms with van der Waals surface area (Å²) in [6, 6.07) is 2.08. The molecule has 0 aliphatic heterocycles. The first kappa shape index (κ1) is 12.7. The summed E-state index contributed by atoms with van der Waals surface area (Å²) < 4.78 is 42.8. The van der Waals surface area contributed by atoms with Gasteiger partial charge in [0.25, 0.3) is 0 Å². The highest BCUT2D eigenvalue weighted by atomic mass is 79.9. The predicted molar refractivity (Wildman–Crippen MR) is 60.7 cm³/mol. The Kier molecular flexibility index (Phi) is 2.97. The van der Waals surface area contributed by atoms with E-state index >= 15 is 0 Å². The topological polar surface area (TPSA) is 72.3 Å². The molecule has 8 heteroatoms. The summed E-state index contributed by atoms with van der Waals surface area (Å²) >= 11 is 2.95. The van der Waals surface area contributed by atoms with E-state index in [2.05, 4.69) is 25.6 Å². The molecule has 0 amide bonds. The molecular weight excluding hydrogens is 317 g/mol. The Morgan fingerprint density at radius 2 is 1.94 bits per heavy atom. The SMILES string of the molecule is Nc1oncc1-c1cc(Br)cc(C(F)(F)F)c1O. The van der Waals surface area contributed by atoms with Crippen LogP contribution in [-0.4, -0.2) is 10.3 Å².